The van der Waals surface area contributed by atoms with E-state index in [1.165, 1.54) is 12.3 Å². The van der Waals surface area contributed by atoms with Crippen molar-refractivity contribution < 1.29 is 27.6 Å². The number of nitro benzene ring substituents is 1. The first-order valence-electron chi connectivity index (χ1n) is 6.23. The SMILES string of the molecule is Cc1csc([C@@H](OC(=O)c2ccc(Cl)cc2[N+](=O)[O-])C(F)(F)F)n1. The quantitative estimate of drug-likeness (QED) is 0.444. The normalized spacial score (nSPS) is 12.7. The number of alkyl halides is 3. The number of rotatable bonds is 4. The van der Waals surface area contributed by atoms with Gasteiger partial charge in [0.2, 0.25) is 6.10 Å². The van der Waals surface area contributed by atoms with E-state index < -0.39 is 39.4 Å². The van der Waals surface area contributed by atoms with Crippen LogP contribution in [-0.2, 0) is 4.74 Å². The number of ether oxygens (including phenoxy) is 1. The van der Waals surface area contributed by atoms with E-state index in [4.69, 9.17) is 11.6 Å². The van der Waals surface area contributed by atoms with Gasteiger partial charge in [-0.25, -0.2) is 9.78 Å². The molecule has 0 N–H and O–H groups in total. The van der Waals surface area contributed by atoms with E-state index in [-0.39, 0.29) is 5.02 Å². The predicted octanol–water partition coefficient (Wildman–Crippen LogP) is 4.47. The minimum Gasteiger partial charge on any atom is -0.441 e. The number of esters is 1. The maximum Gasteiger partial charge on any atom is 0.432 e. The fourth-order valence-electron chi connectivity index (χ4n) is 1.75. The summed E-state index contributed by atoms with van der Waals surface area (Å²) in [4.78, 5) is 25.7. The Hall–Kier alpha value is -2.20. The number of nitrogens with zero attached hydrogens (tertiary/aromatic N) is 2. The maximum atomic E-state index is 13.1. The second-order valence-electron chi connectivity index (χ2n) is 4.57. The molecule has 24 heavy (non-hydrogen) atoms. The molecule has 0 amide bonds. The minimum absolute atomic E-state index is 0.0406. The van der Waals surface area contributed by atoms with E-state index in [0.29, 0.717) is 17.0 Å². The van der Waals surface area contributed by atoms with Gasteiger partial charge in [0.1, 0.15) is 10.6 Å². The van der Waals surface area contributed by atoms with Gasteiger partial charge in [0.05, 0.1) is 4.92 Å². The Balaban J connectivity index is 2.37. The molecule has 2 aromatic rings. The van der Waals surface area contributed by atoms with E-state index in [2.05, 4.69) is 9.72 Å². The summed E-state index contributed by atoms with van der Waals surface area (Å²) >= 11 is 6.27. The number of aromatic nitrogens is 1. The molecule has 0 fully saturated rings. The van der Waals surface area contributed by atoms with E-state index in [0.717, 1.165) is 18.2 Å². The lowest BCUT2D eigenvalue weighted by molar-refractivity contribution is -0.385. The molecule has 0 bridgehead atoms. The molecule has 6 nitrogen and oxygen atoms in total. The standard InChI is InChI=1S/C13H8ClF3N2O4S/c1-6-5-24-11(18-6)10(13(15,16)17)23-12(20)8-3-2-7(14)4-9(8)19(21)22/h2-5,10H,1H3/t10-/m1/s1. The van der Waals surface area contributed by atoms with Crippen molar-refractivity contribution >= 4 is 34.6 Å². The van der Waals surface area contributed by atoms with Crippen LogP contribution in [0.15, 0.2) is 23.6 Å². The molecule has 1 heterocycles. The number of thiazole rings is 1. The van der Waals surface area contributed by atoms with E-state index in [9.17, 15) is 28.1 Å². The molecule has 1 atom stereocenters. The number of carbonyl (C=O) groups excluding carboxylic acids is 1. The van der Waals surface area contributed by atoms with E-state index in [1.807, 2.05) is 0 Å². The Labute approximate surface area is 142 Å². The van der Waals surface area contributed by atoms with Crippen molar-refractivity contribution in [3.63, 3.8) is 0 Å². The van der Waals surface area contributed by atoms with Crippen LogP contribution in [-0.4, -0.2) is 22.1 Å². The number of hydrogen-bond donors (Lipinski definition) is 0. The summed E-state index contributed by atoms with van der Waals surface area (Å²) in [6.45, 7) is 1.49. The zero-order valence-corrected chi connectivity index (χ0v) is 13.4. The molecule has 128 valence electrons. The van der Waals surface area contributed by atoms with Crippen molar-refractivity contribution in [3.8, 4) is 0 Å². The van der Waals surface area contributed by atoms with Crippen LogP contribution in [0.5, 0.6) is 0 Å². The first-order chi connectivity index (χ1) is 11.1. The van der Waals surface area contributed by atoms with Crippen molar-refractivity contribution in [1.29, 1.82) is 0 Å². The highest BCUT2D eigenvalue weighted by Crippen LogP contribution is 2.38. The number of hydrogen-bond acceptors (Lipinski definition) is 6. The maximum absolute atomic E-state index is 13.1. The van der Waals surface area contributed by atoms with Crippen LogP contribution < -0.4 is 0 Å². The van der Waals surface area contributed by atoms with Gasteiger partial charge in [0.15, 0.2) is 0 Å². The molecule has 0 radical (unpaired) electrons. The number of halogens is 4. The van der Waals surface area contributed by atoms with Crippen molar-refractivity contribution in [3.05, 3.63) is 55.0 Å². The molecule has 2 rings (SSSR count). The lowest BCUT2D eigenvalue weighted by Crippen LogP contribution is -2.26. The van der Waals surface area contributed by atoms with Crippen LogP contribution in [0.2, 0.25) is 5.02 Å². The van der Waals surface area contributed by atoms with Gasteiger partial charge in [0.25, 0.3) is 5.69 Å². The summed E-state index contributed by atoms with van der Waals surface area (Å²) in [5.41, 5.74) is -1.05. The molecular formula is C13H8ClF3N2O4S. The Morgan fingerprint density at radius 1 is 1.46 bits per heavy atom. The van der Waals surface area contributed by atoms with Crippen molar-refractivity contribution in [2.24, 2.45) is 0 Å². The third-order valence-electron chi connectivity index (χ3n) is 2.76. The summed E-state index contributed by atoms with van der Waals surface area (Å²) in [5.74, 6) is -1.49. The first kappa shape index (κ1) is 18.1. The smallest absolute Gasteiger partial charge is 0.432 e. The van der Waals surface area contributed by atoms with Crippen LogP contribution in [0.3, 0.4) is 0 Å². The third kappa shape index (κ3) is 4.01. The van der Waals surface area contributed by atoms with E-state index >= 15 is 0 Å². The molecule has 0 aliphatic rings. The zero-order chi connectivity index (χ0) is 18.1. The van der Waals surface area contributed by atoms with Gasteiger partial charge in [-0.05, 0) is 19.1 Å². The van der Waals surface area contributed by atoms with Gasteiger partial charge < -0.3 is 4.74 Å². The number of nitro groups is 1. The molecule has 1 aromatic heterocycles. The lowest BCUT2D eigenvalue weighted by Gasteiger charge is -2.18. The topological polar surface area (TPSA) is 82.3 Å². The Kier molecular flexibility index (Phi) is 5.09. The highest BCUT2D eigenvalue weighted by Gasteiger charge is 2.46. The lowest BCUT2D eigenvalue weighted by atomic mass is 10.2. The summed E-state index contributed by atoms with van der Waals surface area (Å²) in [6.07, 6.45) is -7.53. The average Bonchev–Trinajstić information content (AvgIpc) is 2.89. The molecule has 1 aromatic carbocycles. The van der Waals surface area contributed by atoms with Crippen LogP contribution >= 0.6 is 22.9 Å². The molecule has 0 saturated carbocycles. The summed E-state index contributed by atoms with van der Waals surface area (Å²) < 4.78 is 43.9. The molecular weight excluding hydrogens is 373 g/mol. The third-order valence-corrected chi connectivity index (χ3v) is 4.00. The summed E-state index contributed by atoms with van der Waals surface area (Å²) in [5, 5.41) is 11.8. The monoisotopic (exact) mass is 380 g/mol. The van der Waals surface area contributed by atoms with Crippen LogP contribution in [0.25, 0.3) is 0 Å². The molecule has 0 aliphatic heterocycles. The van der Waals surface area contributed by atoms with Crippen LogP contribution in [0, 0.1) is 17.0 Å². The second kappa shape index (κ2) is 6.73. The second-order valence-corrected chi connectivity index (χ2v) is 5.90. The summed E-state index contributed by atoms with van der Waals surface area (Å²) in [7, 11) is 0. The fourth-order valence-corrected chi connectivity index (χ4v) is 2.76. The fraction of sp³-hybridized carbons (Fsp3) is 0.231. The molecule has 0 aliphatic carbocycles. The Bertz CT molecular complexity index is 794. The first-order valence-corrected chi connectivity index (χ1v) is 7.49. The number of carbonyl (C=O) groups is 1. The number of benzene rings is 1. The Morgan fingerprint density at radius 2 is 2.12 bits per heavy atom. The Morgan fingerprint density at radius 3 is 2.62 bits per heavy atom. The van der Waals surface area contributed by atoms with Crippen molar-refractivity contribution in [1.82, 2.24) is 4.98 Å². The predicted molar refractivity (Wildman–Crippen MR) is 79.2 cm³/mol. The molecule has 11 heteroatoms. The average molecular weight is 381 g/mol. The highest BCUT2D eigenvalue weighted by atomic mass is 35.5. The largest absolute Gasteiger partial charge is 0.441 e. The van der Waals surface area contributed by atoms with Gasteiger partial charge in [-0.1, -0.05) is 11.6 Å². The van der Waals surface area contributed by atoms with Crippen molar-refractivity contribution in [2.75, 3.05) is 0 Å². The number of aryl methyl sites for hydroxylation is 1. The van der Waals surface area contributed by atoms with Gasteiger partial charge >= 0.3 is 12.1 Å². The van der Waals surface area contributed by atoms with Gasteiger partial charge in [-0.15, -0.1) is 11.3 Å². The van der Waals surface area contributed by atoms with Gasteiger partial charge in [-0.2, -0.15) is 13.2 Å². The molecule has 0 saturated heterocycles. The highest BCUT2D eigenvalue weighted by molar-refractivity contribution is 7.09. The van der Waals surface area contributed by atoms with Gasteiger partial charge in [-0.3, -0.25) is 10.1 Å². The zero-order valence-electron chi connectivity index (χ0n) is 11.8. The minimum atomic E-state index is -4.92. The van der Waals surface area contributed by atoms with E-state index in [1.54, 1.807) is 0 Å². The van der Waals surface area contributed by atoms with Crippen LogP contribution in [0.1, 0.15) is 27.2 Å². The van der Waals surface area contributed by atoms with Crippen LogP contribution in [0.4, 0.5) is 18.9 Å². The molecule has 0 unspecified atom stereocenters. The molecule has 0 spiro atoms. The van der Waals surface area contributed by atoms with Crippen molar-refractivity contribution in [2.45, 2.75) is 19.2 Å². The summed E-state index contributed by atoms with van der Waals surface area (Å²) in [6, 6.07) is 2.93. The van der Waals surface area contributed by atoms with Gasteiger partial charge in [0, 0.05) is 22.2 Å².